The number of ether oxygens (including phenoxy) is 2. The maximum Gasteiger partial charge on any atom is 0.241 e. The summed E-state index contributed by atoms with van der Waals surface area (Å²) in [5, 5.41) is 7.27. The van der Waals surface area contributed by atoms with Crippen LogP contribution >= 0.6 is 0 Å². The van der Waals surface area contributed by atoms with Gasteiger partial charge in [0.05, 0.1) is 37.6 Å². The van der Waals surface area contributed by atoms with Crippen molar-refractivity contribution < 1.29 is 27.2 Å². The molecule has 1 aromatic heterocycles. The van der Waals surface area contributed by atoms with Crippen LogP contribution in [0.2, 0.25) is 0 Å². The van der Waals surface area contributed by atoms with Crippen LogP contribution in [0.25, 0.3) is 11.4 Å². The van der Waals surface area contributed by atoms with Gasteiger partial charge in [-0.15, -0.1) is 0 Å². The Kier molecular flexibility index (Phi) is 8.68. The molecule has 2 aromatic carbocycles. The number of hydrogen-bond acceptors (Lipinski definition) is 9. The third kappa shape index (κ3) is 6.51. The van der Waals surface area contributed by atoms with Gasteiger partial charge in [-0.3, -0.25) is 9.69 Å². The molecule has 204 valence electrons. The molecule has 0 bridgehead atoms. The smallest absolute Gasteiger partial charge is 0.241 e. The lowest BCUT2D eigenvalue weighted by atomic mass is 9.95. The Labute approximate surface area is 223 Å². The van der Waals surface area contributed by atoms with E-state index in [0.717, 1.165) is 30.5 Å². The fourth-order valence-corrected chi connectivity index (χ4v) is 5.30. The minimum absolute atomic E-state index is 0.00899. The summed E-state index contributed by atoms with van der Waals surface area (Å²) in [6.45, 7) is 3.87. The number of nitrogens with zero attached hydrogens (tertiary/aromatic N) is 3. The minimum atomic E-state index is -3.27. The van der Waals surface area contributed by atoms with Crippen LogP contribution < -0.4 is 14.8 Å². The second-order valence-corrected chi connectivity index (χ2v) is 11.5. The summed E-state index contributed by atoms with van der Waals surface area (Å²) >= 11 is 0. The lowest BCUT2D eigenvalue weighted by Gasteiger charge is -2.32. The van der Waals surface area contributed by atoms with Crippen LogP contribution in [0.1, 0.15) is 43.7 Å². The molecule has 3 aromatic rings. The number of sulfone groups is 1. The fraction of sp³-hybridized carbons (Fsp3) is 0.444. The van der Waals surface area contributed by atoms with Crippen LogP contribution in [-0.2, 0) is 21.2 Å². The zero-order valence-corrected chi connectivity index (χ0v) is 23.0. The number of methoxy groups -OCH3 is 2. The van der Waals surface area contributed by atoms with E-state index < -0.39 is 9.84 Å². The number of carbonyl (C=O) groups excluding carboxylic acids is 1. The zero-order chi connectivity index (χ0) is 27.3. The monoisotopic (exact) mass is 542 g/mol. The molecule has 11 heteroatoms. The molecule has 2 heterocycles. The second kappa shape index (κ2) is 12.0. The molecule has 1 N–H and O–H groups in total. The Morgan fingerprint density at radius 1 is 1.16 bits per heavy atom. The normalized spacial score (nSPS) is 17.1. The van der Waals surface area contributed by atoms with Gasteiger partial charge >= 0.3 is 0 Å². The van der Waals surface area contributed by atoms with E-state index in [1.165, 1.54) is 6.26 Å². The Balaban J connectivity index is 1.37. The topological polar surface area (TPSA) is 124 Å². The van der Waals surface area contributed by atoms with E-state index >= 15 is 0 Å². The summed E-state index contributed by atoms with van der Waals surface area (Å²) in [6.07, 6.45) is 3.56. The molecule has 1 aliphatic heterocycles. The lowest BCUT2D eigenvalue weighted by molar-refractivity contribution is -0.127. The van der Waals surface area contributed by atoms with E-state index in [4.69, 9.17) is 14.0 Å². The molecule has 1 aliphatic rings. The Bertz CT molecular complexity index is 1360. The summed E-state index contributed by atoms with van der Waals surface area (Å²) in [5.41, 5.74) is 1.64. The number of hydrogen-bond donors (Lipinski definition) is 1. The number of benzene rings is 2. The summed E-state index contributed by atoms with van der Waals surface area (Å²) in [6, 6.07) is 12.0. The Hall–Kier alpha value is -3.44. The van der Waals surface area contributed by atoms with Crippen LogP contribution in [0.3, 0.4) is 0 Å². The van der Waals surface area contributed by atoms with Crippen molar-refractivity contribution in [1.29, 1.82) is 0 Å². The third-order valence-corrected chi connectivity index (χ3v) is 7.91. The predicted octanol–water partition coefficient (Wildman–Crippen LogP) is 3.64. The molecule has 0 saturated carbocycles. The van der Waals surface area contributed by atoms with Gasteiger partial charge in [-0.05, 0) is 61.7 Å². The van der Waals surface area contributed by atoms with Gasteiger partial charge in [0.25, 0.3) is 0 Å². The van der Waals surface area contributed by atoms with Gasteiger partial charge in [0.2, 0.25) is 17.6 Å². The van der Waals surface area contributed by atoms with E-state index in [0.29, 0.717) is 42.7 Å². The predicted molar refractivity (Wildman–Crippen MR) is 142 cm³/mol. The highest BCUT2D eigenvalue weighted by Crippen LogP contribution is 2.31. The quantitative estimate of drug-likeness (QED) is 0.409. The first kappa shape index (κ1) is 27.6. The molecule has 0 aliphatic carbocycles. The van der Waals surface area contributed by atoms with Crippen molar-refractivity contribution in [2.75, 3.05) is 33.6 Å². The van der Waals surface area contributed by atoms with Gasteiger partial charge in [0.15, 0.2) is 21.3 Å². The van der Waals surface area contributed by atoms with Gasteiger partial charge in [-0.25, -0.2) is 8.42 Å². The molecule has 1 amide bonds. The van der Waals surface area contributed by atoms with E-state index in [-0.39, 0.29) is 22.8 Å². The molecule has 2 unspecified atom stereocenters. The van der Waals surface area contributed by atoms with Gasteiger partial charge in [-0.1, -0.05) is 24.2 Å². The Morgan fingerprint density at radius 2 is 1.89 bits per heavy atom. The highest BCUT2D eigenvalue weighted by molar-refractivity contribution is 7.90. The van der Waals surface area contributed by atoms with Gasteiger partial charge in [-0.2, -0.15) is 4.98 Å². The number of likely N-dealkylation sites (tertiary alicyclic amines) is 1. The molecular formula is C27H34N4O6S. The number of aromatic nitrogens is 2. The molecular weight excluding hydrogens is 508 g/mol. The van der Waals surface area contributed by atoms with Crippen LogP contribution in [0.5, 0.6) is 11.5 Å². The summed E-state index contributed by atoms with van der Waals surface area (Å²) in [5.74, 6) is 1.96. The van der Waals surface area contributed by atoms with Crippen LogP contribution in [0, 0.1) is 5.92 Å². The van der Waals surface area contributed by atoms with E-state index in [9.17, 15) is 13.2 Å². The van der Waals surface area contributed by atoms with Crippen molar-refractivity contribution in [3.63, 3.8) is 0 Å². The standard InChI is InChI=1S/C27H34N4O6S/c1-5-22(18-8-11-21(12-9-18)38(4,33)34)28-27(32)20-7-6-14-31(16-20)17-25-29-26(30-37-25)19-10-13-23(35-2)24(15-19)36-3/h8-13,15,20,22H,5-7,14,16-17H2,1-4H3,(H,28,32). The lowest BCUT2D eigenvalue weighted by Crippen LogP contribution is -2.43. The van der Waals surface area contributed by atoms with E-state index in [1.807, 2.05) is 13.0 Å². The highest BCUT2D eigenvalue weighted by atomic mass is 32.2. The molecule has 0 spiro atoms. The van der Waals surface area contributed by atoms with Crippen LogP contribution in [0.15, 0.2) is 51.9 Å². The van der Waals surface area contributed by atoms with Crippen molar-refractivity contribution in [2.45, 2.75) is 43.7 Å². The summed E-state index contributed by atoms with van der Waals surface area (Å²) in [4.78, 5) is 20.1. The number of amides is 1. The average molecular weight is 543 g/mol. The van der Waals surface area contributed by atoms with Crippen molar-refractivity contribution in [1.82, 2.24) is 20.4 Å². The first-order chi connectivity index (χ1) is 18.2. The third-order valence-electron chi connectivity index (χ3n) is 6.78. The van der Waals surface area contributed by atoms with Crippen molar-refractivity contribution in [3.05, 3.63) is 53.9 Å². The summed E-state index contributed by atoms with van der Waals surface area (Å²) in [7, 11) is -0.112. The largest absolute Gasteiger partial charge is 0.493 e. The molecule has 1 saturated heterocycles. The number of carbonyl (C=O) groups is 1. The maximum atomic E-state index is 13.2. The van der Waals surface area contributed by atoms with Crippen LogP contribution in [0.4, 0.5) is 0 Å². The maximum absolute atomic E-state index is 13.2. The number of piperidine rings is 1. The van der Waals surface area contributed by atoms with Crippen molar-refractivity contribution in [2.24, 2.45) is 5.92 Å². The fourth-order valence-electron chi connectivity index (χ4n) is 4.67. The molecule has 0 radical (unpaired) electrons. The zero-order valence-electron chi connectivity index (χ0n) is 22.1. The van der Waals surface area contributed by atoms with Gasteiger partial charge in [0, 0.05) is 18.4 Å². The second-order valence-electron chi connectivity index (χ2n) is 9.47. The van der Waals surface area contributed by atoms with Gasteiger partial charge < -0.3 is 19.3 Å². The molecule has 4 rings (SSSR count). The first-order valence-corrected chi connectivity index (χ1v) is 14.5. The molecule has 10 nitrogen and oxygen atoms in total. The van der Waals surface area contributed by atoms with Gasteiger partial charge in [0.1, 0.15) is 0 Å². The van der Waals surface area contributed by atoms with Crippen molar-refractivity contribution >= 4 is 15.7 Å². The number of nitrogens with one attached hydrogen (secondary N) is 1. The minimum Gasteiger partial charge on any atom is -0.493 e. The van der Waals surface area contributed by atoms with E-state index in [2.05, 4.69) is 20.4 Å². The molecule has 2 atom stereocenters. The first-order valence-electron chi connectivity index (χ1n) is 12.6. The van der Waals surface area contributed by atoms with Crippen molar-refractivity contribution in [3.8, 4) is 22.9 Å². The molecule has 1 fully saturated rings. The SMILES string of the molecule is CCC(NC(=O)C1CCCN(Cc2nc(-c3ccc(OC)c(OC)c3)no2)C1)c1ccc(S(C)(=O)=O)cc1. The Morgan fingerprint density at radius 3 is 2.55 bits per heavy atom. The average Bonchev–Trinajstić information content (AvgIpc) is 3.39. The summed E-state index contributed by atoms with van der Waals surface area (Å²) < 4.78 is 39.7. The number of rotatable bonds is 10. The molecule has 38 heavy (non-hydrogen) atoms. The highest BCUT2D eigenvalue weighted by Gasteiger charge is 2.28. The van der Waals surface area contributed by atoms with Crippen LogP contribution in [-0.4, -0.2) is 62.9 Å². The van der Waals surface area contributed by atoms with E-state index in [1.54, 1.807) is 50.6 Å².